The molecule has 3 N–H and O–H groups in total. The SMILES string of the molecule is COC(=O)c1c(NC(=S)NNC(=O)[C@]2(C)CC2(Cl)Cl)sc2c1CCC2. The lowest BCUT2D eigenvalue weighted by molar-refractivity contribution is -0.126. The molecule has 0 aliphatic heterocycles. The standard InChI is InChI=1S/C15H17Cl2N3O3S2/c1-14(6-15(14,16)17)12(22)19-20-13(24)18-10-9(11(21)23-2)7-4-3-5-8(7)25-10/h3-6H2,1-2H3,(H,19,22)(H2,18,20,24)/t14-/m0/s1. The number of nitrogens with one attached hydrogen (secondary N) is 3. The first-order valence-corrected chi connectivity index (χ1v) is 9.66. The number of anilines is 1. The quantitative estimate of drug-likeness (QED) is 0.301. The number of hydrazine groups is 1. The Balaban J connectivity index is 1.64. The maximum atomic E-state index is 12.1. The average Bonchev–Trinajstić information content (AvgIpc) is 2.88. The number of thiophene rings is 1. The molecular weight excluding hydrogens is 405 g/mol. The number of halogens is 2. The third kappa shape index (κ3) is 3.32. The third-order valence-electron chi connectivity index (χ3n) is 4.59. The number of carbonyl (C=O) groups is 2. The number of ether oxygens (including phenoxy) is 1. The lowest BCUT2D eigenvalue weighted by atomic mass is 10.1. The lowest BCUT2D eigenvalue weighted by Gasteiger charge is -2.15. The topological polar surface area (TPSA) is 79.5 Å². The summed E-state index contributed by atoms with van der Waals surface area (Å²) < 4.78 is 3.83. The number of carbonyl (C=O) groups excluding carboxylic acids is 2. The van der Waals surface area contributed by atoms with E-state index in [4.69, 9.17) is 40.2 Å². The molecule has 0 aromatic carbocycles. The minimum absolute atomic E-state index is 0.164. The van der Waals surface area contributed by atoms with Crippen molar-refractivity contribution in [2.75, 3.05) is 12.4 Å². The van der Waals surface area contributed by atoms with Gasteiger partial charge in [0.2, 0.25) is 5.91 Å². The van der Waals surface area contributed by atoms with Crippen LogP contribution in [0.3, 0.4) is 0 Å². The van der Waals surface area contributed by atoms with E-state index in [1.165, 1.54) is 18.4 Å². The van der Waals surface area contributed by atoms with Crippen LogP contribution in [0.4, 0.5) is 5.00 Å². The van der Waals surface area contributed by atoms with Crippen LogP contribution >= 0.6 is 46.8 Å². The van der Waals surface area contributed by atoms with Gasteiger partial charge >= 0.3 is 5.97 Å². The number of thiocarbonyl (C=S) groups is 1. The summed E-state index contributed by atoms with van der Waals surface area (Å²) in [5, 5.41) is 3.74. The van der Waals surface area contributed by atoms with Crippen molar-refractivity contribution >= 4 is 68.7 Å². The molecule has 1 atom stereocenters. The fraction of sp³-hybridized carbons (Fsp3) is 0.533. The van der Waals surface area contributed by atoms with Crippen LogP contribution in [-0.2, 0) is 22.4 Å². The Morgan fingerprint density at radius 3 is 2.56 bits per heavy atom. The van der Waals surface area contributed by atoms with Crippen LogP contribution in [0.5, 0.6) is 0 Å². The lowest BCUT2D eigenvalue weighted by Crippen LogP contribution is -2.47. The summed E-state index contributed by atoms with van der Waals surface area (Å²) in [6.07, 6.45) is 3.19. The third-order valence-corrected chi connectivity index (χ3v) is 7.10. The minimum Gasteiger partial charge on any atom is -0.465 e. The highest BCUT2D eigenvalue weighted by Gasteiger charge is 2.68. The van der Waals surface area contributed by atoms with Gasteiger partial charge in [-0.05, 0) is 50.4 Å². The number of fused-ring (bicyclic) bond motifs is 1. The summed E-state index contributed by atoms with van der Waals surface area (Å²) in [7, 11) is 1.35. The molecule has 6 nitrogen and oxygen atoms in total. The predicted octanol–water partition coefficient (Wildman–Crippen LogP) is 2.92. The van der Waals surface area contributed by atoms with Gasteiger partial charge in [-0.25, -0.2) is 4.79 Å². The molecule has 2 aliphatic carbocycles. The molecule has 1 saturated carbocycles. The van der Waals surface area contributed by atoms with Crippen molar-refractivity contribution in [1.82, 2.24) is 10.9 Å². The van der Waals surface area contributed by atoms with Crippen LogP contribution < -0.4 is 16.2 Å². The van der Waals surface area contributed by atoms with Gasteiger partial charge in [-0.2, -0.15) is 0 Å². The first-order chi connectivity index (χ1) is 11.7. The van der Waals surface area contributed by atoms with Crippen molar-refractivity contribution in [3.8, 4) is 0 Å². The van der Waals surface area contributed by atoms with Gasteiger partial charge < -0.3 is 10.1 Å². The van der Waals surface area contributed by atoms with Crippen LogP contribution in [0.15, 0.2) is 0 Å². The first-order valence-electron chi connectivity index (χ1n) is 7.68. The molecule has 136 valence electrons. The van der Waals surface area contributed by atoms with Gasteiger partial charge in [0, 0.05) is 4.88 Å². The molecule has 1 fully saturated rings. The highest BCUT2D eigenvalue weighted by atomic mass is 35.5. The van der Waals surface area contributed by atoms with E-state index in [1.807, 2.05) is 0 Å². The maximum Gasteiger partial charge on any atom is 0.341 e. The molecule has 0 radical (unpaired) electrons. The summed E-state index contributed by atoms with van der Waals surface area (Å²) >= 11 is 18.6. The monoisotopic (exact) mass is 421 g/mol. The Morgan fingerprint density at radius 1 is 1.28 bits per heavy atom. The van der Waals surface area contributed by atoms with Crippen LogP contribution in [0.2, 0.25) is 0 Å². The summed E-state index contributed by atoms with van der Waals surface area (Å²) in [5.41, 5.74) is 5.81. The van der Waals surface area contributed by atoms with Crippen molar-refractivity contribution in [2.45, 2.75) is 36.9 Å². The van der Waals surface area contributed by atoms with E-state index in [0.29, 0.717) is 17.0 Å². The van der Waals surface area contributed by atoms with Crippen LogP contribution in [0.1, 0.15) is 40.6 Å². The van der Waals surface area contributed by atoms with E-state index < -0.39 is 15.7 Å². The van der Waals surface area contributed by atoms with Crippen LogP contribution in [0, 0.1) is 5.41 Å². The van der Waals surface area contributed by atoms with Gasteiger partial charge in [0.05, 0.1) is 18.1 Å². The van der Waals surface area contributed by atoms with Gasteiger partial charge in [-0.1, -0.05) is 0 Å². The second-order valence-electron chi connectivity index (χ2n) is 6.30. The van der Waals surface area contributed by atoms with E-state index in [2.05, 4.69) is 16.2 Å². The highest BCUT2D eigenvalue weighted by Crippen LogP contribution is 2.63. The predicted molar refractivity (Wildman–Crippen MR) is 102 cm³/mol. The fourth-order valence-electron chi connectivity index (χ4n) is 2.84. The zero-order valence-corrected chi connectivity index (χ0v) is 16.8. The van der Waals surface area contributed by atoms with E-state index >= 15 is 0 Å². The zero-order chi connectivity index (χ0) is 18.4. The molecule has 2 aliphatic rings. The van der Waals surface area contributed by atoms with Gasteiger partial charge in [-0.3, -0.25) is 15.6 Å². The molecular formula is C15H17Cl2N3O3S2. The zero-order valence-electron chi connectivity index (χ0n) is 13.6. The molecule has 1 amide bonds. The number of hydrogen-bond acceptors (Lipinski definition) is 5. The molecule has 0 saturated heterocycles. The molecule has 3 rings (SSSR count). The second-order valence-corrected chi connectivity index (χ2v) is 9.30. The van der Waals surface area contributed by atoms with Gasteiger partial charge in [0.1, 0.15) is 9.33 Å². The normalized spacial score (nSPS) is 22.7. The van der Waals surface area contributed by atoms with Crippen LogP contribution in [-0.4, -0.2) is 28.4 Å². The van der Waals surface area contributed by atoms with Crippen molar-refractivity contribution in [3.05, 3.63) is 16.0 Å². The molecule has 1 aromatic rings. The summed E-state index contributed by atoms with van der Waals surface area (Å²) in [5.74, 6) is -0.739. The second kappa shape index (κ2) is 6.57. The van der Waals surface area contributed by atoms with Crippen LogP contribution in [0.25, 0.3) is 0 Å². The molecule has 0 spiro atoms. The van der Waals surface area contributed by atoms with E-state index in [1.54, 1.807) is 6.92 Å². The van der Waals surface area contributed by atoms with E-state index in [-0.39, 0.29) is 11.0 Å². The number of amides is 1. The number of aryl methyl sites for hydroxylation is 1. The Kier molecular flexibility index (Phi) is 4.91. The molecule has 25 heavy (non-hydrogen) atoms. The Bertz CT molecular complexity index is 765. The summed E-state index contributed by atoms with van der Waals surface area (Å²) in [6, 6.07) is 0. The highest BCUT2D eigenvalue weighted by molar-refractivity contribution is 7.80. The molecule has 1 aromatic heterocycles. The Hall–Kier alpha value is -1.09. The Labute approximate surface area is 164 Å². The average molecular weight is 422 g/mol. The van der Waals surface area contributed by atoms with Gasteiger partial charge in [0.15, 0.2) is 5.11 Å². The smallest absolute Gasteiger partial charge is 0.341 e. The minimum atomic E-state index is -1.06. The molecule has 0 bridgehead atoms. The molecule has 10 heteroatoms. The van der Waals surface area contributed by atoms with Crippen molar-refractivity contribution < 1.29 is 14.3 Å². The number of esters is 1. The number of rotatable bonds is 3. The first kappa shape index (κ1) is 18.7. The maximum absolute atomic E-state index is 12.1. The van der Waals surface area contributed by atoms with Gasteiger partial charge in [-0.15, -0.1) is 34.5 Å². The fourth-order valence-corrected chi connectivity index (χ4v) is 5.05. The number of hydrogen-bond donors (Lipinski definition) is 3. The summed E-state index contributed by atoms with van der Waals surface area (Å²) in [4.78, 5) is 25.4. The number of methoxy groups -OCH3 is 1. The van der Waals surface area contributed by atoms with Crippen molar-refractivity contribution in [3.63, 3.8) is 0 Å². The Morgan fingerprint density at radius 2 is 1.96 bits per heavy atom. The summed E-state index contributed by atoms with van der Waals surface area (Å²) in [6.45, 7) is 1.68. The molecule has 1 heterocycles. The van der Waals surface area contributed by atoms with Gasteiger partial charge in [0.25, 0.3) is 0 Å². The largest absolute Gasteiger partial charge is 0.465 e. The van der Waals surface area contributed by atoms with Crippen molar-refractivity contribution in [2.24, 2.45) is 5.41 Å². The number of alkyl halides is 2. The van der Waals surface area contributed by atoms with E-state index in [9.17, 15) is 9.59 Å². The van der Waals surface area contributed by atoms with Crippen molar-refractivity contribution in [1.29, 1.82) is 0 Å². The van der Waals surface area contributed by atoms with E-state index in [0.717, 1.165) is 29.7 Å². The molecule has 0 unspecified atom stereocenters.